The summed E-state index contributed by atoms with van der Waals surface area (Å²) in [5, 5.41) is 9.70. The fourth-order valence-corrected chi connectivity index (χ4v) is 5.83. The molecule has 3 nitrogen and oxygen atoms in total. The Morgan fingerprint density at radius 3 is 2.62 bits per heavy atom. The molecule has 2 aliphatic rings. The first-order valence-electron chi connectivity index (χ1n) is 11.4. The monoisotopic (exact) mass is 392 g/mol. The van der Waals surface area contributed by atoms with Crippen LogP contribution in [-0.4, -0.2) is 39.8 Å². The minimum atomic E-state index is 0.256. The molecule has 2 aromatic rings. The summed E-state index contributed by atoms with van der Waals surface area (Å²) in [6, 6.07) is 14.0. The normalized spacial score (nSPS) is 28.0. The van der Waals surface area contributed by atoms with E-state index in [4.69, 9.17) is 0 Å². The number of hydrogen-bond donors (Lipinski definition) is 1. The van der Waals surface area contributed by atoms with Crippen LogP contribution >= 0.6 is 0 Å². The molecule has 4 rings (SSSR count). The molecule has 29 heavy (non-hydrogen) atoms. The third-order valence-corrected chi connectivity index (χ3v) is 7.23. The molecule has 0 radical (unpaired) electrons. The number of aliphatic hydroxyl groups excluding tert-OH is 1. The van der Waals surface area contributed by atoms with Crippen molar-refractivity contribution in [2.45, 2.75) is 65.0 Å². The highest BCUT2D eigenvalue weighted by atomic mass is 16.3. The summed E-state index contributed by atoms with van der Waals surface area (Å²) in [6.45, 7) is 7.86. The summed E-state index contributed by atoms with van der Waals surface area (Å²) < 4.78 is 2.34. The van der Waals surface area contributed by atoms with Crippen molar-refractivity contribution < 1.29 is 5.11 Å². The Labute approximate surface area is 176 Å². The lowest BCUT2D eigenvalue weighted by atomic mass is 9.72. The largest absolute Gasteiger partial charge is 0.395 e. The lowest BCUT2D eigenvalue weighted by Crippen LogP contribution is -2.53. The molecule has 2 heterocycles. The van der Waals surface area contributed by atoms with Crippen molar-refractivity contribution in [3.8, 4) is 5.69 Å². The van der Waals surface area contributed by atoms with Crippen molar-refractivity contribution in [2.75, 3.05) is 13.2 Å². The summed E-state index contributed by atoms with van der Waals surface area (Å²) in [4.78, 5) is 2.60. The number of fused-ring (bicyclic) bond motifs is 1. The SMILES string of the molecule is Cc1cc(/C=C/C2CCC3CC(C)CCC3N2CCO)c(C)n1-c1ccccc1. The number of nitrogens with zero attached hydrogens (tertiary/aromatic N) is 2. The molecule has 1 aromatic carbocycles. The van der Waals surface area contributed by atoms with E-state index in [2.05, 4.69) is 78.8 Å². The van der Waals surface area contributed by atoms with Crippen molar-refractivity contribution in [3.63, 3.8) is 0 Å². The number of β-amino-alcohol motifs (C(OH)–C–C–N with tert-alkyl or cyclic N) is 1. The number of hydrogen-bond acceptors (Lipinski definition) is 2. The second-order valence-electron chi connectivity index (χ2n) is 9.21. The van der Waals surface area contributed by atoms with E-state index in [0.717, 1.165) is 18.4 Å². The first-order valence-corrected chi connectivity index (χ1v) is 11.4. The van der Waals surface area contributed by atoms with Gasteiger partial charge in [-0.05, 0) is 81.5 Å². The molecule has 0 amide bonds. The van der Waals surface area contributed by atoms with Crippen molar-refractivity contribution in [2.24, 2.45) is 11.8 Å². The predicted octanol–water partition coefficient (Wildman–Crippen LogP) is 5.37. The summed E-state index contributed by atoms with van der Waals surface area (Å²) in [7, 11) is 0. The van der Waals surface area contributed by atoms with Gasteiger partial charge in [0.05, 0.1) is 6.61 Å². The highest BCUT2D eigenvalue weighted by Gasteiger charge is 2.38. The van der Waals surface area contributed by atoms with Crippen LogP contribution < -0.4 is 0 Å². The van der Waals surface area contributed by atoms with Crippen molar-refractivity contribution in [1.29, 1.82) is 0 Å². The van der Waals surface area contributed by atoms with E-state index in [9.17, 15) is 5.11 Å². The maximum absolute atomic E-state index is 9.70. The molecule has 2 fully saturated rings. The molecule has 156 valence electrons. The van der Waals surface area contributed by atoms with Crippen LogP contribution in [-0.2, 0) is 0 Å². The van der Waals surface area contributed by atoms with E-state index in [0.29, 0.717) is 12.1 Å². The first-order chi connectivity index (χ1) is 14.1. The van der Waals surface area contributed by atoms with Crippen molar-refractivity contribution >= 4 is 6.08 Å². The van der Waals surface area contributed by atoms with E-state index < -0.39 is 0 Å². The molecule has 4 atom stereocenters. The van der Waals surface area contributed by atoms with Gasteiger partial charge in [0.15, 0.2) is 0 Å². The van der Waals surface area contributed by atoms with Crippen LogP contribution in [0, 0.1) is 25.7 Å². The Morgan fingerprint density at radius 1 is 1.07 bits per heavy atom. The van der Waals surface area contributed by atoms with Crippen LogP contribution in [0.4, 0.5) is 0 Å². The number of aliphatic hydroxyl groups is 1. The second kappa shape index (κ2) is 8.89. The molecular formula is C26H36N2O. The smallest absolute Gasteiger partial charge is 0.0558 e. The zero-order valence-electron chi connectivity index (χ0n) is 18.2. The predicted molar refractivity (Wildman–Crippen MR) is 121 cm³/mol. The van der Waals surface area contributed by atoms with Gasteiger partial charge in [-0.1, -0.05) is 37.3 Å². The summed E-state index contributed by atoms with van der Waals surface area (Å²) in [5.41, 5.74) is 5.08. The number of likely N-dealkylation sites (tertiary alicyclic amines) is 1. The Hall–Kier alpha value is -1.84. The minimum Gasteiger partial charge on any atom is -0.395 e. The molecule has 1 saturated carbocycles. The number of aromatic nitrogens is 1. The van der Waals surface area contributed by atoms with Crippen molar-refractivity contribution in [1.82, 2.24) is 9.47 Å². The van der Waals surface area contributed by atoms with Gasteiger partial charge in [-0.3, -0.25) is 4.90 Å². The van der Waals surface area contributed by atoms with Gasteiger partial charge < -0.3 is 9.67 Å². The van der Waals surface area contributed by atoms with Gasteiger partial charge in [-0.2, -0.15) is 0 Å². The first kappa shape index (κ1) is 20.4. The maximum atomic E-state index is 9.70. The standard InChI is InChI=1S/C26H36N2O/c1-19-9-14-26-23(17-19)11-13-24(27(26)15-16-29)12-10-22-18-20(2)28(21(22)3)25-7-5-4-6-8-25/h4-8,10,12,18-19,23-24,26,29H,9,11,13-17H2,1-3H3/b12-10+. The molecule has 1 aromatic heterocycles. The van der Waals surface area contributed by atoms with Gasteiger partial charge in [-0.25, -0.2) is 0 Å². The van der Waals surface area contributed by atoms with Crippen molar-refractivity contribution in [3.05, 3.63) is 59.4 Å². The highest BCUT2D eigenvalue weighted by molar-refractivity contribution is 5.57. The number of para-hydroxylation sites is 1. The van der Waals surface area contributed by atoms with Crippen LogP contribution in [0.25, 0.3) is 11.8 Å². The van der Waals surface area contributed by atoms with E-state index in [1.54, 1.807) is 0 Å². The molecule has 4 unspecified atom stereocenters. The summed E-state index contributed by atoms with van der Waals surface area (Å²) in [6.07, 6.45) is 11.2. The van der Waals surface area contributed by atoms with Gasteiger partial charge in [0.25, 0.3) is 0 Å². The molecule has 1 aliphatic carbocycles. The number of benzene rings is 1. The van der Waals surface area contributed by atoms with E-state index in [1.807, 2.05) is 0 Å². The number of rotatable bonds is 5. The Morgan fingerprint density at radius 2 is 1.86 bits per heavy atom. The fraction of sp³-hybridized carbons (Fsp3) is 0.538. The van der Waals surface area contributed by atoms with E-state index >= 15 is 0 Å². The zero-order valence-corrected chi connectivity index (χ0v) is 18.2. The van der Waals surface area contributed by atoms with E-state index in [1.165, 1.54) is 54.7 Å². The third kappa shape index (κ3) is 4.22. The second-order valence-corrected chi connectivity index (χ2v) is 9.21. The number of piperidine rings is 1. The molecule has 1 saturated heterocycles. The topological polar surface area (TPSA) is 28.4 Å². The molecule has 0 bridgehead atoms. The zero-order chi connectivity index (χ0) is 20.4. The molecule has 0 spiro atoms. The van der Waals surface area contributed by atoms with Gasteiger partial charge in [0.1, 0.15) is 0 Å². The third-order valence-electron chi connectivity index (χ3n) is 7.23. The lowest BCUT2D eigenvalue weighted by Gasteiger charge is -2.49. The molecule has 1 aliphatic heterocycles. The Kier molecular flexibility index (Phi) is 6.26. The Bertz CT molecular complexity index is 838. The van der Waals surface area contributed by atoms with Crippen LogP contribution in [0.5, 0.6) is 0 Å². The molecule has 3 heteroatoms. The number of aryl methyl sites for hydroxylation is 1. The minimum absolute atomic E-state index is 0.256. The summed E-state index contributed by atoms with van der Waals surface area (Å²) in [5.74, 6) is 1.68. The average Bonchev–Trinajstić information content (AvgIpc) is 3.01. The van der Waals surface area contributed by atoms with Crippen LogP contribution in [0.15, 0.2) is 42.5 Å². The van der Waals surface area contributed by atoms with Gasteiger partial charge >= 0.3 is 0 Å². The molecule has 1 N–H and O–H groups in total. The lowest BCUT2D eigenvalue weighted by molar-refractivity contribution is 0.00978. The fourth-order valence-electron chi connectivity index (χ4n) is 5.83. The Balaban J connectivity index is 1.55. The highest BCUT2D eigenvalue weighted by Crippen LogP contribution is 2.40. The van der Waals surface area contributed by atoms with Crippen LogP contribution in [0.3, 0.4) is 0 Å². The van der Waals surface area contributed by atoms with Crippen LogP contribution in [0.2, 0.25) is 0 Å². The quantitative estimate of drug-likeness (QED) is 0.741. The van der Waals surface area contributed by atoms with Crippen LogP contribution in [0.1, 0.15) is 56.0 Å². The van der Waals surface area contributed by atoms with E-state index in [-0.39, 0.29) is 6.61 Å². The van der Waals surface area contributed by atoms with Gasteiger partial charge in [-0.15, -0.1) is 0 Å². The average molecular weight is 393 g/mol. The molecular weight excluding hydrogens is 356 g/mol. The van der Waals surface area contributed by atoms with Gasteiger partial charge in [0, 0.05) is 35.7 Å². The summed E-state index contributed by atoms with van der Waals surface area (Å²) >= 11 is 0. The van der Waals surface area contributed by atoms with Gasteiger partial charge in [0.2, 0.25) is 0 Å². The maximum Gasteiger partial charge on any atom is 0.0558 e.